The molecule has 4 N–H and O–H groups in total. The summed E-state index contributed by atoms with van der Waals surface area (Å²) in [5, 5.41) is 14.0. The number of nitrogen functional groups attached to an aromatic ring is 1. The Morgan fingerprint density at radius 1 is 0.824 bits per heavy atom. The van der Waals surface area contributed by atoms with Crippen LogP contribution >= 0.6 is 0 Å². The van der Waals surface area contributed by atoms with E-state index in [2.05, 4.69) is 20.4 Å². The van der Waals surface area contributed by atoms with Gasteiger partial charge in [0.15, 0.2) is 17.2 Å². The van der Waals surface area contributed by atoms with Gasteiger partial charge < -0.3 is 19.9 Å². The van der Waals surface area contributed by atoms with Gasteiger partial charge in [0.25, 0.3) is 5.56 Å². The van der Waals surface area contributed by atoms with Crippen LogP contribution in [0.15, 0.2) is 69.6 Å². The molecule has 0 spiro atoms. The fraction of sp³-hybridized carbons (Fsp3) is 0.160. The monoisotopic (exact) mass is 459 g/mol. The highest BCUT2D eigenvalue weighted by atomic mass is 16.5. The topological polar surface area (TPSA) is 127 Å². The molecule has 1 aromatic heterocycles. The second-order valence-corrected chi connectivity index (χ2v) is 7.54. The fourth-order valence-corrected chi connectivity index (χ4v) is 3.68. The predicted octanol–water partition coefficient (Wildman–Crippen LogP) is 5.37. The van der Waals surface area contributed by atoms with Crippen molar-refractivity contribution < 1.29 is 14.2 Å². The molecule has 0 fully saturated rings. The Morgan fingerprint density at radius 2 is 1.56 bits per heavy atom. The van der Waals surface area contributed by atoms with Crippen molar-refractivity contribution >= 4 is 17.1 Å². The molecule has 4 aromatic rings. The lowest BCUT2D eigenvalue weighted by atomic mass is 9.99. The molecule has 0 aliphatic carbocycles. The highest BCUT2D eigenvalue weighted by molar-refractivity contribution is 5.76. The summed E-state index contributed by atoms with van der Waals surface area (Å²) in [5.74, 6) is 1.35. The summed E-state index contributed by atoms with van der Waals surface area (Å²) in [6.07, 6.45) is 0. The van der Waals surface area contributed by atoms with E-state index in [9.17, 15) is 4.79 Å². The lowest BCUT2D eigenvalue weighted by Crippen LogP contribution is -1.97. The Hall–Kier alpha value is -4.53. The van der Waals surface area contributed by atoms with Gasteiger partial charge in [-0.1, -0.05) is 18.2 Å². The molecule has 0 aliphatic rings. The number of hydrogen-bond acceptors (Lipinski definition) is 7. The molecule has 9 nitrogen and oxygen atoms in total. The lowest BCUT2D eigenvalue weighted by Gasteiger charge is -2.13. The van der Waals surface area contributed by atoms with Crippen LogP contribution < -0.4 is 25.5 Å². The van der Waals surface area contributed by atoms with Crippen LogP contribution in [-0.4, -0.2) is 31.5 Å². The highest BCUT2D eigenvalue weighted by Gasteiger charge is 2.18. The summed E-state index contributed by atoms with van der Waals surface area (Å²) < 4.78 is 16.2. The van der Waals surface area contributed by atoms with Crippen molar-refractivity contribution in [1.29, 1.82) is 0 Å². The minimum absolute atomic E-state index is 0.125. The van der Waals surface area contributed by atoms with E-state index in [0.29, 0.717) is 39.9 Å². The van der Waals surface area contributed by atoms with Gasteiger partial charge in [0.05, 0.1) is 32.7 Å². The minimum atomic E-state index is -0.407. The van der Waals surface area contributed by atoms with Gasteiger partial charge in [0, 0.05) is 11.3 Å². The fourth-order valence-electron chi connectivity index (χ4n) is 3.68. The number of rotatable bonds is 7. The number of nitrogens with zero attached hydrogens (tertiary/aromatic N) is 2. The molecule has 0 bridgehead atoms. The Morgan fingerprint density at radius 3 is 2.21 bits per heavy atom. The van der Waals surface area contributed by atoms with Crippen molar-refractivity contribution in [2.75, 3.05) is 27.1 Å². The average Bonchev–Trinajstić information content (AvgIpc) is 3.22. The molecule has 0 aliphatic heterocycles. The van der Waals surface area contributed by atoms with E-state index in [0.717, 1.165) is 16.7 Å². The van der Waals surface area contributed by atoms with E-state index in [4.69, 9.17) is 19.9 Å². The number of benzene rings is 3. The number of anilines is 1. The summed E-state index contributed by atoms with van der Waals surface area (Å²) in [4.78, 5) is 12.5. The van der Waals surface area contributed by atoms with Crippen molar-refractivity contribution in [2.24, 2.45) is 10.2 Å². The molecule has 34 heavy (non-hydrogen) atoms. The third-order valence-corrected chi connectivity index (χ3v) is 5.39. The molecule has 9 heteroatoms. The first-order valence-corrected chi connectivity index (χ1v) is 10.4. The van der Waals surface area contributed by atoms with Crippen LogP contribution in [0, 0.1) is 6.92 Å². The zero-order valence-electron chi connectivity index (χ0n) is 19.3. The first-order chi connectivity index (χ1) is 16.4. The quantitative estimate of drug-likeness (QED) is 0.253. The molecular formula is C25H25N5O4. The number of hydrogen-bond donors (Lipinski definition) is 3. The number of H-pyrrole nitrogens is 2. The van der Waals surface area contributed by atoms with Crippen molar-refractivity contribution in [3.63, 3.8) is 0 Å². The van der Waals surface area contributed by atoms with E-state index < -0.39 is 5.56 Å². The maximum atomic E-state index is 12.5. The standard InChI is InChI=1S/C25H25N5O4/c1-14-8-9-18(13-19(14)15-6-5-7-17(26)10-15)27-29-23-22(28-30-25(23)31)16-11-20(32-2)24(34-4)21(12-16)33-3/h5-13H,26H2,1-4H3,(H2,28,30,31). The summed E-state index contributed by atoms with van der Waals surface area (Å²) in [6.45, 7) is 2.01. The Kier molecular flexibility index (Phi) is 6.35. The third-order valence-electron chi connectivity index (χ3n) is 5.39. The van der Waals surface area contributed by atoms with Crippen LogP contribution in [0.5, 0.6) is 17.2 Å². The number of azo groups is 1. The van der Waals surface area contributed by atoms with Crippen LogP contribution in [0.3, 0.4) is 0 Å². The van der Waals surface area contributed by atoms with Crippen molar-refractivity contribution in [3.8, 4) is 39.6 Å². The van der Waals surface area contributed by atoms with E-state index in [-0.39, 0.29) is 5.69 Å². The first kappa shape index (κ1) is 22.7. The molecule has 0 saturated heterocycles. The molecule has 174 valence electrons. The van der Waals surface area contributed by atoms with Crippen LogP contribution in [0.25, 0.3) is 22.4 Å². The van der Waals surface area contributed by atoms with Gasteiger partial charge in [-0.05, 0) is 60.0 Å². The first-order valence-electron chi connectivity index (χ1n) is 10.4. The number of methoxy groups -OCH3 is 3. The SMILES string of the molecule is COc1cc(-c2[nH][nH]c(=O)c2N=Nc2ccc(C)c(-c3cccc(N)c3)c2)cc(OC)c1OC. The van der Waals surface area contributed by atoms with Crippen molar-refractivity contribution in [3.05, 3.63) is 70.5 Å². The molecule has 1 heterocycles. The molecule has 0 atom stereocenters. The van der Waals surface area contributed by atoms with E-state index >= 15 is 0 Å². The van der Waals surface area contributed by atoms with E-state index in [1.807, 2.05) is 49.4 Å². The van der Waals surface area contributed by atoms with Gasteiger partial charge in [-0.25, -0.2) is 0 Å². The minimum Gasteiger partial charge on any atom is -0.493 e. The molecule has 0 unspecified atom stereocenters. The summed E-state index contributed by atoms with van der Waals surface area (Å²) >= 11 is 0. The Balaban J connectivity index is 1.74. The second-order valence-electron chi connectivity index (χ2n) is 7.54. The summed E-state index contributed by atoms with van der Waals surface area (Å²) in [6, 6.07) is 16.8. The number of nitrogens with two attached hydrogens (primary N) is 1. The molecule has 0 saturated carbocycles. The molecule has 0 amide bonds. The number of ether oxygens (including phenoxy) is 3. The maximum Gasteiger partial charge on any atom is 0.292 e. The van der Waals surface area contributed by atoms with Crippen LogP contribution in [-0.2, 0) is 0 Å². The van der Waals surface area contributed by atoms with Crippen molar-refractivity contribution in [1.82, 2.24) is 10.2 Å². The van der Waals surface area contributed by atoms with Crippen LogP contribution in [0.1, 0.15) is 5.56 Å². The summed E-state index contributed by atoms with van der Waals surface area (Å²) in [5.41, 5.74) is 11.0. The number of aromatic amines is 2. The zero-order valence-corrected chi connectivity index (χ0v) is 19.3. The normalized spacial score (nSPS) is 11.1. The third kappa shape index (κ3) is 4.36. The van der Waals surface area contributed by atoms with Crippen LogP contribution in [0.4, 0.5) is 17.1 Å². The zero-order chi connectivity index (χ0) is 24.2. The molecule has 0 radical (unpaired) electrons. The molecule has 3 aromatic carbocycles. The number of aromatic nitrogens is 2. The average molecular weight is 460 g/mol. The van der Waals surface area contributed by atoms with Gasteiger partial charge in [-0.3, -0.25) is 15.0 Å². The van der Waals surface area contributed by atoms with Gasteiger partial charge in [0.1, 0.15) is 0 Å². The van der Waals surface area contributed by atoms with Crippen LogP contribution in [0.2, 0.25) is 0 Å². The largest absolute Gasteiger partial charge is 0.493 e. The van der Waals surface area contributed by atoms with Gasteiger partial charge in [-0.2, -0.15) is 5.11 Å². The summed E-state index contributed by atoms with van der Waals surface area (Å²) in [7, 11) is 4.57. The Bertz CT molecular complexity index is 1400. The number of aryl methyl sites for hydroxylation is 1. The highest BCUT2D eigenvalue weighted by Crippen LogP contribution is 2.42. The van der Waals surface area contributed by atoms with E-state index in [1.54, 1.807) is 12.1 Å². The number of nitrogens with one attached hydrogen (secondary N) is 2. The lowest BCUT2D eigenvalue weighted by molar-refractivity contribution is 0.324. The Labute approximate surface area is 196 Å². The second kappa shape index (κ2) is 9.53. The molecular weight excluding hydrogens is 434 g/mol. The van der Waals surface area contributed by atoms with Gasteiger partial charge in [0.2, 0.25) is 5.75 Å². The van der Waals surface area contributed by atoms with Gasteiger partial charge in [-0.15, -0.1) is 5.11 Å². The predicted molar refractivity (Wildman–Crippen MR) is 132 cm³/mol. The van der Waals surface area contributed by atoms with E-state index in [1.165, 1.54) is 21.3 Å². The molecule has 4 rings (SSSR count). The smallest absolute Gasteiger partial charge is 0.292 e. The van der Waals surface area contributed by atoms with Crippen molar-refractivity contribution in [2.45, 2.75) is 6.92 Å². The van der Waals surface area contributed by atoms with Gasteiger partial charge >= 0.3 is 0 Å². The maximum absolute atomic E-state index is 12.5.